The molecule has 2 heterocycles. The minimum absolute atomic E-state index is 0.285. The van der Waals surface area contributed by atoms with Gasteiger partial charge in [0.2, 0.25) is 0 Å². The number of hydrogen-bond acceptors (Lipinski definition) is 3. The molecular weight excluding hydrogens is 282 g/mol. The van der Waals surface area contributed by atoms with Crippen molar-refractivity contribution in [3.8, 4) is 0 Å². The highest BCUT2D eigenvalue weighted by molar-refractivity contribution is 9.10. The third kappa shape index (κ3) is 2.30. The van der Waals surface area contributed by atoms with Crippen LogP contribution in [0, 0.1) is 0 Å². The summed E-state index contributed by atoms with van der Waals surface area (Å²) >= 11 is 3.47. The van der Waals surface area contributed by atoms with E-state index in [1.807, 2.05) is 23.7 Å². The summed E-state index contributed by atoms with van der Waals surface area (Å²) < 4.78 is 8.48. The number of aryl methyl sites for hydroxylation is 2. The zero-order valence-electron chi connectivity index (χ0n) is 9.98. The monoisotopic (exact) mass is 297 g/mol. The fraction of sp³-hybridized carbons (Fsp3) is 0.417. The van der Waals surface area contributed by atoms with Crippen LogP contribution in [0.2, 0.25) is 0 Å². The minimum atomic E-state index is -0.285. The first-order valence-electron chi connectivity index (χ1n) is 5.72. The minimum Gasteiger partial charge on any atom is -0.464 e. The number of rotatable bonds is 4. The van der Waals surface area contributed by atoms with E-state index in [-0.39, 0.29) is 6.04 Å². The lowest BCUT2D eigenvalue weighted by Gasteiger charge is -2.11. The number of hydrogen-bond donors (Lipinski definition) is 1. The Hall–Kier alpha value is -1.07. The van der Waals surface area contributed by atoms with Gasteiger partial charge in [0, 0.05) is 13.0 Å². The second-order valence-electron chi connectivity index (χ2n) is 3.83. The fourth-order valence-electron chi connectivity index (χ4n) is 1.82. The third-order valence-electron chi connectivity index (χ3n) is 2.76. The lowest BCUT2D eigenvalue weighted by Crippen LogP contribution is -2.17. The van der Waals surface area contributed by atoms with E-state index in [0.717, 1.165) is 34.7 Å². The molecule has 0 aliphatic carbocycles. The quantitative estimate of drug-likeness (QED) is 0.944. The van der Waals surface area contributed by atoms with Gasteiger partial charge in [0.05, 0.1) is 16.4 Å². The molecule has 2 rings (SSSR count). The Morgan fingerprint density at radius 1 is 1.47 bits per heavy atom. The smallest absolute Gasteiger partial charge is 0.127 e. The van der Waals surface area contributed by atoms with Gasteiger partial charge in [-0.15, -0.1) is 0 Å². The highest BCUT2D eigenvalue weighted by atomic mass is 79.9. The van der Waals surface area contributed by atoms with E-state index in [1.165, 1.54) is 0 Å². The van der Waals surface area contributed by atoms with E-state index in [2.05, 4.69) is 28.0 Å². The van der Waals surface area contributed by atoms with Crippen LogP contribution >= 0.6 is 15.9 Å². The molecular formula is C12H16BrN3O. The van der Waals surface area contributed by atoms with Crippen LogP contribution in [0.25, 0.3) is 0 Å². The Morgan fingerprint density at radius 3 is 2.82 bits per heavy atom. The largest absolute Gasteiger partial charge is 0.464 e. The molecule has 1 unspecified atom stereocenters. The molecule has 4 nitrogen and oxygen atoms in total. The summed E-state index contributed by atoms with van der Waals surface area (Å²) in [5.41, 5.74) is 7.17. The van der Waals surface area contributed by atoms with E-state index in [1.54, 1.807) is 6.20 Å². The first-order chi connectivity index (χ1) is 8.17. The van der Waals surface area contributed by atoms with Crippen LogP contribution in [0.15, 0.2) is 27.2 Å². The van der Waals surface area contributed by atoms with Gasteiger partial charge in [-0.05, 0) is 35.0 Å². The van der Waals surface area contributed by atoms with Crippen molar-refractivity contribution in [3.05, 3.63) is 40.0 Å². The van der Waals surface area contributed by atoms with Gasteiger partial charge in [0.25, 0.3) is 0 Å². The SMILES string of the molecule is CCc1ccc(C(N)c2c(Br)cnn2CC)o1. The second-order valence-corrected chi connectivity index (χ2v) is 4.68. The van der Waals surface area contributed by atoms with Crippen molar-refractivity contribution in [2.24, 2.45) is 5.73 Å². The van der Waals surface area contributed by atoms with Crippen LogP contribution in [0.4, 0.5) is 0 Å². The van der Waals surface area contributed by atoms with Gasteiger partial charge < -0.3 is 10.2 Å². The summed E-state index contributed by atoms with van der Waals surface area (Å²) in [6.07, 6.45) is 2.64. The highest BCUT2D eigenvalue weighted by Crippen LogP contribution is 2.27. The van der Waals surface area contributed by atoms with Crippen molar-refractivity contribution in [1.29, 1.82) is 0 Å². The highest BCUT2D eigenvalue weighted by Gasteiger charge is 2.20. The number of aromatic nitrogens is 2. The predicted octanol–water partition coefficient (Wildman–Crippen LogP) is 2.87. The average Bonchev–Trinajstić information content (AvgIpc) is 2.94. The fourth-order valence-corrected chi connectivity index (χ4v) is 2.36. The Morgan fingerprint density at radius 2 is 2.24 bits per heavy atom. The summed E-state index contributed by atoms with van der Waals surface area (Å²) in [4.78, 5) is 0. The molecule has 0 saturated heterocycles. The van der Waals surface area contributed by atoms with Gasteiger partial charge in [0.1, 0.15) is 17.6 Å². The molecule has 2 aromatic heterocycles. The molecule has 0 radical (unpaired) electrons. The molecule has 2 N–H and O–H groups in total. The van der Waals surface area contributed by atoms with Crippen LogP contribution in [0.3, 0.4) is 0 Å². The Kier molecular flexibility index (Phi) is 3.69. The summed E-state index contributed by atoms with van der Waals surface area (Å²) in [7, 11) is 0. The molecule has 92 valence electrons. The van der Waals surface area contributed by atoms with Crippen molar-refractivity contribution in [2.75, 3.05) is 0 Å². The van der Waals surface area contributed by atoms with Crippen molar-refractivity contribution >= 4 is 15.9 Å². The van der Waals surface area contributed by atoms with E-state index in [0.29, 0.717) is 0 Å². The molecule has 0 bridgehead atoms. The van der Waals surface area contributed by atoms with Gasteiger partial charge in [-0.25, -0.2) is 0 Å². The van der Waals surface area contributed by atoms with Gasteiger partial charge in [-0.1, -0.05) is 6.92 Å². The van der Waals surface area contributed by atoms with E-state index >= 15 is 0 Å². The molecule has 0 amide bonds. The van der Waals surface area contributed by atoms with Crippen molar-refractivity contribution < 1.29 is 4.42 Å². The molecule has 5 heteroatoms. The van der Waals surface area contributed by atoms with E-state index in [4.69, 9.17) is 10.2 Å². The lowest BCUT2D eigenvalue weighted by atomic mass is 10.1. The van der Waals surface area contributed by atoms with Crippen LogP contribution < -0.4 is 5.73 Å². The number of nitrogens with zero attached hydrogens (tertiary/aromatic N) is 2. The molecule has 17 heavy (non-hydrogen) atoms. The summed E-state index contributed by atoms with van der Waals surface area (Å²) in [5.74, 6) is 1.73. The van der Waals surface area contributed by atoms with Crippen molar-refractivity contribution in [1.82, 2.24) is 9.78 Å². The second kappa shape index (κ2) is 5.06. The van der Waals surface area contributed by atoms with Gasteiger partial charge in [-0.3, -0.25) is 4.68 Å². The zero-order valence-corrected chi connectivity index (χ0v) is 11.6. The molecule has 0 fully saturated rings. The third-order valence-corrected chi connectivity index (χ3v) is 3.38. The maximum atomic E-state index is 6.22. The van der Waals surface area contributed by atoms with Crippen LogP contribution in [0.1, 0.15) is 37.1 Å². The first-order valence-corrected chi connectivity index (χ1v) is 6.52. The van der Waals surface area contributed by atoms with Crippen molar-refractivity contribution in [2.45, 2.75) is 32.9 Å². The molecule has 0 aliphatic rings. The maximum absolute atomic E-state index is 6.22. The first kappa shape index (κ1) is 12.4. The zero-order chi connectivity index (χ0) is 12.4. The summed E-state index contributed by atoms with van der Waals surface area (Å²) in [6, 6.07) is 3.62. The lowest BCUT2D eigenvalue weighted by molar-refractivity contribution is 0.442. The molecule has 0 aliphatic heterocycles. The molecule has 2 aromatic rings. The van der Waals surface area contributed by atoms with E-state index in [9.17, 15) is 0 Å². The topological polar surface area (TPSA) is 57.0 Å². The van der Waals surface area contributed by atoms with Crippen LogP contribution in [0.5, 0.6) is 0 Å². The standard InChI is InChI=1S/C12H16BrN3O/c1-3-8-5-6-10(17-8)11(14)12-9(13)7-15-16(12)4-2/h5-7,11H,3-4,14H2,1-2H3. The summed E-state index contributed by atoms with van der Waals surface area (Å²) in [5, 5.41) is 4.26. The number of halogens is 1. The number of nitrogens with two attached hydrogens (primary N) is 1. The summed E-state index contributed by atoms with van der Waals surface area (Å²) in [6.45, 7) is 4.88. The van der Waals surface area contributed by atoms with Gasteiger partial charge >= 0.3 is 0 Å². The van der Waals surface area contributed by atoms with Crippen molar-refractivity contribution in [3.63, 3.8) is 0 Å². The average molecular weight is 298 g/mol. The van der Waals surface area contributed by atoms with Crippen LogP contribution in [-0.4, -0.2) is 9.78 Å². The molecule has 0 aromatic carbocycles. The molecule has 0 spiro atoms. The number of furan rings is 1. The Balaban J connectivity index is 2.35. The Bertz CT molecular complexity index is 504. The normalized spacial score (nSPS) is 12.9. The predicted molar refractivity (Wildman–Crippen MR) is 69.7 cm³/mol. The van der Waals surface area contributed by atoms with Crippen LogP contribution in [-0.2, 0) is 13.0 Å². The molecule has 1 atom stereocenters. The van der Waals surface area contributed by atoms with Gasteiger partial charge in [-0.2, -0.15) is 5.10 Å². The van der Waals surface area contributed by atoms with E-state index < -0.39 is 0 Å². The maximum Gasteiger partial charge on any atom is 0.127 e. The molecule has 0 saturated carbocycles. The Labute approximate surface area is 109 Å². The van der Waals surface area contributed by atoms with Gasteiger partial charge in [0.15, 0.2) is 0 Å².